The van der Waals surface area contributed by atoms with Crippen molar-refractivity contribution in [2.24, 2.45) is 0 Å². The van der Waals surface area contributed by atoms with Crippen LogP contribution in [-0.4, -0.2) is 55.3 Å². The molecule has 0 radical (unpaired) electrons. The lowest BCUT2D eigenvalue weighted by atomic mass is 10.1. The Labute approximate surface area is 168 Å². The van der Waals surface area contributed by atoms with Gasteiger partial charge >= 0.3 is 0 Å². The smallest absolute Gasteiger partial charge is 0.227 e. The van der Waals surface area contributed by atoms with Crippen molar-refractivity contribution in [3.05, 3.63) is 58.5 Å². The van der Waals surface area contributed by atoms with Crippen molar-refractivity contribution in [1.82, 2.24) is 9.88 Å². The molecular weight excluding hydrogens is 387 g/mol. The zero-order chi connectivity index (χ0) is 19.9. The van der Waals surface area contributed by atoms with Crippen molar-refractivity contribution in [3.63, 3.8) is 0 Å². The number of morpholine rings is 1. The fraction of sp³-hybridized carbons (Fsp3) is 0.400. The fourth-order valence-corrected chi connectivity index (χ4v) is 3.13. The maximum absolute atomic E-state index is 13.1. The van der Waals surface area contributed by atoms with Crippen LogP contribution in [0.15, 0.2) is 36.5 Å². The Hall–Kier alpha value is -2.22. The third-order valence-electron chi connectivity index (χ3n) is 4.43. The molecule has 0 aliphatic carbocycles. The van der Waals surface area contributed by atoms with Crippen molar-refractivity contribution in [1.29, 1.82) is 0 Å². The van der Waals surface area contributed by atoms with Gasteiger partial charge < -0.3 is 19.1 Å². The van der Waals surface area contributed by atoms with E-state index in [1.165, 1.54) is 12.1 Å². The third-order valence-corrected chi connectivity index (χ3v) is 4.78. The monoisotopic (exact) mass is 408 g/mol. The van der Waals surface area contributed by atoms with Gasteiger partial charge in [-0.3, -0.25) is 4.79 Å². The van der Waals surface area contributed by atoms with E-state index in [4.69, 9.17) is 25.8 Å². The minimum atomic E-state index is -0.384. The molecule has 28 heavy (non-hydrogen) atoms. The average molecular weight is 409 g/mol. The van der Waals surface area contributed by atoms with Gasteiger partial charge in [0.1, 0.15) is 5.82 Å². The molecule has 1 atom stereocenters. The zero-order valence-corrected chi connectivity index (χ0v) is 16.3. The van der Waals surface area contributed by atoms with Gasteiger partial charge in [-0.25, -0.2) is 9.37 Å². The number of rotatable bonds is 7. The lowest BCUT2D eigenvalue weighted by Crippen LogP contribution is -2.47. The SMILES string of the molecule is COc1ccc(CC(=O)N2CCOC(COCc3ccc(F)cc3Cl)C2)cn1. The first-order valence-electron chi connectivity index (χ1n) is 8.95. The highest BCUT2D eigenvalue weighted by molar-refractivity contribution is 6.31. The summed E-state index contributed by atoms with van der Waals surface area (Å²) in [5.74, 6) is 0.147. The van der Waals surface area contributed by atoms with Gasteiger partial charge in [-0.2, -0.15) is 0 Å². The molecule has 1 aliphatic heterocycles. The molecule has 0 N–H and O–H groups in total. The van der Waals surface area contributed by atoms with Crippen molar-refractivity contribution >= 4 is 17.5 Å². The summed E-state index contributed by atoms with van der Waals surface area (Å²) in [6, 6.07) is 7.76. The Morgan fingerprint density at radius 3 is 2.96 bits per heavy atom. The number of methoxy groups -OCH3 is 1. The largest absolute Gasteiger partial charge is 0.481 e. The second-order valence-electron chi connectivity index (χ2n) is 6.47. The van der Waals surface area contributed by atoms with Crippen LogP contribution in [0.3, 0.4) is 0 Å². The van der Waals surface area contributed by atoms with Gasteiger partial charge in [0, 0.05) is 30.4 Å². The van der Waals surface area contributed by atoms with E-state index < -0.39 is 0 Å². The van der Waals surface area contributed by atoms with E-state index in [0.717, 1.165) is 5.56 Å². The van der Waals surface area contributed by atoms with Crippen LogP contribution in [0.5, 0.6) is 5.88 Å². The van der Waals surface area contributed by atoms with Crippen LogP contribution in [0.1, 0.15) is 11.1 Å². The highest BCUT2D eigenvalue weighted by Gasteiger charge is 2.24. The number of halogens is 2. The molecule has 1 saturated heterocycles. The van der Waals surface area contributed by atoms with Gasteiger partial charge in [0.2, 0.25) is 11.8 Å². The van der Waals surface area contributed by atoms with Crippen LogP contribution in [-0.2, 0) is 27.3 Å². The molecule has 8 heteroatoms. The summed E-state index contributed by atoms with van der Waals surface area (Å²) in [6.45, 7) is 2.03. The number of pyridine rings is 1. The molecule has 2 heterocycles. The fourth-order valence-electron chi connectivity index (χ4n) is 2.91. The topological polar surface area (TPSA) is 60.9 Å². The van der Waals surface area contributed by atoms with Crippen LogP contribution in [0, 0.1) is 5.82 Å². The molecule has 2 aromatic rings. The van der Waals surface area contributed by atoms with E-state index in [2.05, 4.69) is 4.98 Å². The maximum atomic E-state index is 13.1. The molecule has 1 aromatic carbocycles. The molecule has 1 unspecified atom stereocenters. The van der Waals surface area contributed by atoms with Crippen molar-refractivity contribution in [2.75, 3.05) is 33.4 Å². The highest BCUT2D eigenvalue weighted by atomic mass is 35.5. The third kappa shape index (κ3) is 5.64. The minimum absolute atomic E-state index is 0.0156. The molecule has 1 fully saturated rings. The molecule has 0 spiro atoms. The minimum Gasteiger partial charge on any atom is -0.481 e. The van der Waals surface area contributed by atoms with Gasteiger partial charge in [0.15, 0.2) is 0 Å². The van der Waals surface area contributed by atoms with Crippen LogP contribution in [0.25, 0.3) is 0 Å². The van der Waals surface area contributed by atoms with Gasteiger partial charge in [0.05, 0.1) is 39.5 Å². The second-order valence-corrected chi connectivity index (χ2v) is 6.88. The van der Waals surface area contributed by atoms with Gasteiger partial charge in [-0.15, -0.1) is 0 Å². The Balaban J connectivity index is 1.46. The molecule has 0 bridgehead atoms. The summed E-state index contributed by atoms with van der Waals surface area (Å²) < 4.78 is 29.4. The van der Waals surface area contributed by atoms with E-state index in [9.17, 15) is 9.18 Å². The summed E-state index contributed by atoms with van der Waals surface area (Å²) in [6.07, 6.45) is 1.70. The molecule has 150 valence electrons. The predicted octanol–water partition coefficient (Wildman–Crippen LogP) is 2.87. The van der Waals surface area contributed by atoms with Crippen LogP contribution < -0.4 is 4.74 Å². The first-order chi connectivity index (χ1) is 13.5. The Bertz CT molecular complexity index is 803. The number of amides is 1. The van der Waals surface area contributed by atoms with Crippen LogP contribution in [0.4, 0.5) is 4.39 Å². The van der Waals surface area contributed by atoms with Crippen LogP contribution in [0.2, 0.25) is 5.02 Å². The molecule has 3 rings (SSSR count). The summed E-state index contributed by atoms with van der Waals surface area (Å²) in [7, 11) is 1.55. The maximum Gasteiger partial charge on any atom is 0.227 e. The van der Waals surface area contributed by atoms with E-state index in [1.807, 2.05) is 6.07 Å². The van der Waals surface area contributed by atoms with Crippen molar-refractivity contribution < 1.29 is 23.4 Å². The molecular formula is C20H22ClFN2O4. The normalized spacial score (nSPS) is 16.8. The molecule has 6 nitrogen and oxygen atoms in total. The Kier molecular flexibility index (Phi) is 7.19. The number of carbonyl (C=O) groups excluding carboxylic acids is 1. The number of benzene rings is 1. The van der Waals surface area contributed by atoms with Crippen molar-refractivity contribution in [2.45, 2.75) is 19.1 Å². The molecule has 1 aliphatic rings. The number of ether oxygens (including phenoxy) is 3. The second kappa shape index (κ2) is 9.82. The summed E-state index contributed by atoms with van der Waals surface area (Å²) >= 11 is 5.99. The first-order valence-corrected chi connectivity index (χ1v) is 9.33. The first kappa shape index (κ1) is 20.5. The summed E-state index contributed by atoms with van der Waals surface area (Å²) in [5.41, 5.74) is 1.54. The van der Waals surface area contributed by atoms with E-state index >= 15 is 0 Å². The molecule has 0 saturated carbocycles. The lowest BCUT2D eigenvalue weighted by Gasteiger charge is -2.33. The average Bonchev–Trinajstić information content (AvgIpc) is 2.70. The Morgan fingerprint density at radius 2 is 2.25 bits per heavy atom. The number of aromatic nitrogens is 1. The van der Waals surface area contributed by atoms with E-state index in [0.29, 0.717) is 42.8 Å². The van der Waals surface area contributed by atoms with E-state index in [1.54, 1.807) is 30.3 Å². The quantitative estimate of drug-likeness (QED) is 0.705. The summed E-state index contributed by atoms with van der Waals surface area (Å²) in [4.78, 5) is 18.4. The van der Waals surface area contributed by atoms with Crippen molar-refractivity contribution in [3.8, 4) is 5.88 Å². The predicted molar refractivity (Wildman–Crippen MR) is 102 cm³/mol. The number of carbonyl (C=O) groups is 1. The van der Waals surface area contributed by atoms with Crippen LogP contribution >= 0.6 is 11.6 Å². The molecule has 1 amide bonds. The standard InChI is InChI=1S/C20H22ClFN2O4/c1-26-19-5-2-14(10-23-19)8-20(25)24-6-7-28-17(11-24)13-27-12-15-3-4-16(22)9-18(15)21/h2-5,9-10,17H,6-8,11-13H2,1H3. The van der Waals surface area contributed by atoms with E-state index in [-0.39, 0.29) is 30.9 Å². The lowest BCUT2D eigenvalue weighted by molar-refractivity contribution is -0.140. The Morgan fingerprint density at radius 1 is 1.39 bits per heavy atom. The van der Waals surface area contributed by atoms with Gasteiger partial charge in [-0.05, 0) is 23.3 Å². The number of hydrogen-bond donors (Lipinski definition) is 0. The van der Waals surface area contributed by atoms with Gasteiger partial charge in [-0.1, -0.05) is 23.7 Å². The highest BCUT2D eigenvalue weighted by Crippen LogP contribution is 2.18. The molecule has 1 aromatic heterocycles. The number of nitrogens with zero attached hydrogens (tertiary/aromatic N) is 2. The summed E-state index contributed by atoms with van der Waals surface area (Å²) in [5, 5.41) is 0.328. The van der Waals surface area contributed by atoms with Gasteiger partial charge in [0.25, 0.3) is 0 Å². The zero-order valence-electron chi connectivity index (χ0n) is 15.6. The number of hydrogen-bond acceptors (Lipinski definition) is 5.